The molecule has 1 aliphatic heterocycles. The highest BCUT2D eigenvalue weighted by Gasteiger charge is 2.62. The normalized spacial score (nSPS) is 37.8. The first-order chi connectivity index (χ1) is 15.9. The van der Waals surface area contributed by atoms with Crippen LogP contribution in [0, 0.1) is 22.7 Å². The van der Waals surface area contributed by atoms with E-state index in [-0.39, 0.29) is 35.9 Å². The van der Waals surface area contributed by atoms with Crippen LogP contribution in [0.3, 0.4) is 0 Å². The maximum Gasteiger partial charge on any atom is 0.446 e. The van der Waals surface area contributed by atoms with Crippen molar-refractivity contribution in [3.05, 3.63) is 0 Å². The third-order valence-corrected chi connectivity index (χ3v) is 9.33. The van der Waals surface area contributed by atoms with Gasteiger partial charge in [0.15, 0.2) is 11.9 Å². The molecule has 0 aromatic heterocycles. The summed E-state index contributed by atoms with van der Waals surface area (Å²) in [6, 6.07) is -0.661. The number of hydrogen-bond donors (Lipinski definition) is 1. The second kappa shape index (κ2) is 8.49. The zero-order valence-corrected chi connectivity index (χ0v) is 20.7. The summed E-state index contributed by atoms with van der Waals surface area (Å²) in [4.78, 5) is 12.5. The lowest BCUT2D eigenvalue weighted by Gasteiger charge is -2.63. The molecule has 5 fully saturated rings. The number of carbonyl (C=O) groups excluding carboxylic acids is 1. The first-order valence-corrected chi connectivity index (χ1v) is 13.2. The van der Waals surface area contributed by atoms with Gasteiger partial charge in [0.1, 0.15) is 0 Å². The van der Waals surface area contributed by atoms with E-state index in [2.05, 4.69) is 23.3 Å². The fraction of sp³-hybridized carbons (Fsp3) is 0.955. The third kappa shape index (κ3) is 5.19. The topological polar surface area (TPSA) is 90.9 Å². The molecule has 4 saturated carbocycles. The third-order valence-electron chi connectivity index (χ3n) is 8.03. The van der Waals surface area contributed by atoms with Gasteiger partial charge < -0.3 is 14.8 Å². The minimum absolute atomic E-state index is 0.0405. The molecule has 4 aliphatic carbocycles. The van der Waals surface area contributed by atoms with Crippen LogP contribution in [0.15, 0.2) is 0 Å². The van der Waals surface area contributed by atoms with Crippen molar-refractivity contribution < 1.29 is 48.8 Å². The number of nitrogens with one attached hydrogen (secondary N) is 1. The summed E-state index contributed by atoms with van der Waals surface area (Å²) in [6.07, 6.45) is -5.43. The minimum Gasteiger partial charge on any atom is -0.350 e. The smallest absolute Gasteiger partial charge is 0.350 e. The van der Waals surface area contributed by atoms with Crippen molar-refractivity contribution in [3.8, 4) is 0 Å². The van der Waals surface area contributed by atoms with E-state index in [9.17, 15) is 35.2 Å². The van der Waals surface area contributed by atoms with Gasteiger partial charge in [-0.1, -0.05) is 13.8 Å². The van der Waals surface area contributed by atoms with Gasteiger partial charge in [-0.2, -0.15) is 30.4 Å². The summed E-state index contributed by atoms with van der Waals surface area (Å²) in [6.45, 7) is 5.50. The first-order valence-electron chi connectivity index (χ1n) is 11.8. The van der Waals surface area contributed by atoms with Crippen LogP contribution < -0.4 is 5.32 Å². The van der Waals surface area contributed by atoms with Gasteiger partial charge in [0, 0.05) is 12.5 Å². The Bertz CT molecular complexity index is 912. The van der Waals surface area contributed by atoms with Gasteiger partial charge in [-0.05, 0) is 68.1 Å². The molecule has 1 N–H and O–H groups in total. The number of ether oxygens (including phenoxy) is 2. The standard InChI is InChI=1S/C22H32F5NO6S/c1-18-7-13-9-19(2,12-18)10-14(8-18)16(13)28-17(29)22(26,27)35(30,31)34-15(21(23,24)25)11-20(3)32-5-4-6-33-20/h13-16H,4-12H2,1-3H3,(H,28,29). The molecular formula is C22H32F5NO6S. The lowest BCUT2D eigenvalue weighted by Crippen LogP contribution is -2.63. The highest BCUT2D eigenvalue weighted by molar-refractivity contribution is 7.88. The molecule has 0 radical (unpaired) electrons. The van der Waals surface area contributed by atoms with Crippen molar-refractivity contribution in [2.24, 2.45) is 22.7 Å². The Labute approximate surface area is 201 Å². The molecule has 1 heterocycles. The minimum atomic E-state index is -6.30. The molecule has 202 valence electrons. The van der Waals surface area contributed by atoms with Gasteiger partial charge in [0.05, 0.1) is 13.2 Å². The number of rotatable bonds is 7. The lowest BCUT2D eigenvalue weighted by molar-refractivity contribution is -0.288. The molecular weight excluding hydrogens is 501 g/mol. The zero-order valence-electron chi connectivity index (χ0n) is 19.9. The molecule has 0 aromatic rings. The fourth-order valence-corrected chi connectivity index (χ4v) is 8.08. The first kappa shape index (κ1) is 27.0. The number of halogens is 5. The highest BCUT2D eigenvalue weighted by Crippen LogP contribution is 2.64. The predicted octanol–water partition coefficient (Wildman–Crippen LogP) is 4.12. The van der Waals surface area contributed by atoms with Crippen molar-refractivity contribution in [2.75, 3.05) is 13.2 Å². The van der Waals surface area contributed by atoms with E-state index in [1.807, 2.05) is 0 Å². The van der Waals surface area contributed by atoms with Crippen LogP contribution in [0.25, 0.3) is 0 Å². The van der Waals surface area contributed by atoms with E-state index >= 15 is 0 Å². The second-order valence-corrected chi connectivity index (χ2v) is 13.2. The Balaban J connectivity index is 1.48. The van der Waals surface area contributed by atoms with Crippen LogP contribution in [0.5, 0.6) is 0 Å². The van der Waals surface area contributed by atoms with Crippen LogP contribution in [-0.4, -0.2) is 56.9 Å². The molecule has 5 rings (SSSR count). The van der Waals surface area contributed by atoms with Crippen LogP contribution in [0.2, 0.25) is 0 Å². The van der Waals surface area contributed by atoms with Crippen LogP contribution in [0.4, 0.5) is 22.0 Å². The van der Waals surface area contributed by atoms with E-state index in [1.54, 1.807) is 0 Å². The van der Waals surface area contributed by atoms with E-state index in [0.29, 0.717) is 32.1 Å². The monoisotopic (exact) mass is 533 g/mol. The summed E-state index contributed by atoms with van der Waals surface area (Å²) in [7, 11) is -6.30. The van der Waals surface area contributed by atoms with Crippen molar-refractivity contribution in [2.45, 2.75) is 95.1 Å². The lowest BCUT2D eigenvalue weighted by atomic mass is 9.44. The Hall–Kier alpha value is -1.05. The molecule has 1 saturated heterocycles. The van der Waals surface area contributed by atoms with Crippen molar-refractivity contribution in [3.63, 3.8) is 0 Å². The molecule has 1 amide bonds. The largest absolute Gasteiger partial charge is 0.446 e. The van der Waals surface area contributed by atoms with Gasteiger partial charge in [0.25, 0.3) is 0 Å². The molecule has 7 nitrogen and oxygen atoms in total. The fourth-order valence-electron chi connectivity index (χ4n) is 7.19. The van der Waals surface area contributed by atoms with E-state index < -0.39 is 51.8 Å². The molecule has 0 aromatic carbocycles. The molecule has 1 atom stereocenters. The van der Waals surface area contributed by atoms with Crippen LogP contribution >= 0.6 is 0 Å². The van der Waals surface area contributed by atoms with E-state index in [4.69, 9.17) is 9.47 Å². The van der Waals surface area contributed by atoms with Gasteiger partial charge in [0.2, 0.25) is 0 Å². The molecule has 5 aliphatic rings. The zero-order chi connectivity index (χ0) is 26.1. The summed E-state index contributed by atoms with van der Waals surface area (Å²) in [5, 5.41) is -3.05. The van der Waals surface area contributed by atoms with Crippen molar-refractivity contribution >= 4 is 16.0 Å². The second-order valence-electron chi connectivity index (χ2n) is 11.6. The van der Waals surface area contributed by atoms with Gasteiger partial charge in [-0.3, -0.25) is 8.98 Å². The molecule has 0 spiro atoms. The molecule has 1 unspecified atom stereocenters. The average molecular weight is 534 g/mol. The highest BCUT2D eigenvalue weighted by atomic mass is 32.2. The van der Waals surface area contributed by atoms with Crippen molar-refractivity contribution in [1.29, 1.82) is 0 Å². The average Bonchev–Trinajstić information content (AvgIpc) is 2.67. The summed E-state index contributed by atoms with van der Waals surface area (Å²) < 4.78 is 109. The Morgan fingerprint density at radius 1 is 1.00 bits per heavy atom. The van der Waals surface area contributed by atoms with Gasteiger partial charge in [-0.15, -0.1) is 0 Å². The number of alkyl halides is 5. The van der Waals surface area contributed by atoms with Crippen LogP contribution in [0.1, 0.15) is 65.7 Å². The summed E-state index contributed by atoms with van der Waals surface area (Å²) in [5.41, 5.74) is 0.0810. The quantitative estimate of drug-likeness (QED) is 0.391. The van der Waals surface area contributed by atoms with Crippen molar-refractivity contribution in [1.82, 2.24) is 5.32 Å². The predicted molar refractivity (Wildman–Crippen MR) is 113 cm³/mol. The molecule has 4 bridgehead atoms. The van der Waals surface area contributed by atoms with Crippen LogP contribution in [-0.2, 0) is 28.6 Å². The SMILES string of the molecule is CC12CC3CC(C)(CC(C1)C3NC(=O)C(F)(F)S(=O)(=O)OC(CC1(C)OCCCO1)C(F)(F)F)C2. The summed E-state index contributed by atoms with van der Waals surface area (Å²) in [5.74, 6) is -4.24. The Morgan fingerprint density at radius 2 is 1.49 bits per heavy atom. The maximum absolute atomic E-state index is 14.8. The maximum atomic E-state index is 14.8. The Morgan fingerprint density at radius 3 is 1.94 bits per heavy atom. The number of hydrogen-bond acceptors (Lipinski definition) is 6. The molecule has 35 heavy (non-hydrogen) atoms. The number of carbonyl (C=O) groups is 1. The molecule has 13 heteroatoms. The number of amides is 1. The Kier molecular flexibility index (Phi) is 6.55. The van der Waals surface area contributed by atoms with Gasteiger partial charge >= 0.3 is 27.5 Å². The van der Waals surface area contributed by atoms with E-state index in [0.717, 1.165) is 13.3 Å². The summed E-state index contributed by atoms with van der Waals surface area (Å²) >= 11 is 0. The van der Waals surface area contributed by atoms with E-state index in [1.165, 1.54) is 0 Å². The van der Waals surface area contributed by atoms with Gasteiger partial charge in [-0.25, -0.2) is 0 Å².